The van der Waals surface area contributed by atoms with Gasteiger partial charge in [-0.05, 0) is 82.8 Å². The molecule has 0 unspecified atom stereocenters. The quantitative estimate of drug-likeness (QED) is 0.149. The molecule has 1 N–H and O–H groups in total. The summed E-state index contributed by atoms with van der Waals surface area (Å²) in [5, 5.41) is 6.17. The topological polar surface area (TPSA) is 47.2 Å². The van der Waals surface area contributed by atoms with Crippen molar-refractivity contribution in [1.29, 1.82) is 0 Å². The van der Waals surface area contributed by atoms with Crippen LogP contribution in [0.1, 0.15) is 26.3 Å². The number of anilines is 4. The van der Waals surface area contributed by atoms with Gasteiger partial charge in [0.1, 0.15) is 17.3 Å². The van der Waals surface area contributed by atoms with Crippen LogP contribution in [0.2, 0.25) is 0 Å². The molecule has 3 aromatic heterocycles. The fourth-order valence-electron chi connectivity index (χ4n) is 9.31. The number of benzene rings is 8. The Balaban J connectivity index is 0.993. The molecule has 64 heavy (non-hydrogen) atoms. The standard InChI is InChI=1S/C58H47N5O/c1-58(2,3)41-33-34-59-54(35-41)63-51-32-18-31-50-55(51)56-52(62(50)43-24-12-7-13-25-43)37-45(38-53(56)63)64-44-26-16-23-42(36-44)60-48-29-14-15-30-49(48)61(4)57-46(39-19-8-5-9-20-39)27-17-28-47(57)40-21-10-6-11-22-40/h5-38,60H,1-4H3. The van der Waals surface area contributed by atoms with Gasteiger partial charge >= 0.3 is 0 Å². The summed E-state index contributed by atoms with van der Waals surface area (Å²) in [4.78, 5) is 7.27. The van der Waals surface area contributed by atoms with E-state index in [0.29, 0.717) is 0 Å². The second-order valence-electron chi connectivity index (χ2n) is 17.4. The minimum absolute atomic E-state index is 0.0328. The van der Waals surface area contributed by atoms with Gasteiger partial charge in [0.25, 0.3) is 0 Å². The van der Waals surface area contributed by atoms with Crippen LogP contribution in [0.25, 0.3) is 66.6 Å². The maximum Gasteiger partial charge on any atom is 0.137 e. The zero-order valence-corrected chi connectivity index (χ0v) is 36.3. The maximum atomic E-state index is 6.91. The third-order valence-electron chi connectivity index (χ3n) is 12.3. The SMILES string of the molecule is CN(c1ccccc1Nc1cccc(Oc2cc3c4c5c(cccc5n(-c5cc(C(C)(C)C)ccn5)c4c2)n3-c2ccccc2)c1)c1c(-c2ccccc2)cccc1-c1ccccc1. The second-order valence-corrected chi connectivity index (χ2v) is 17.4. The van der Waals surface area contributed by atoms with Crippen molar-refractivity contribution in [2.45, 2.75) is 26.2 Å². The molecule has 0 aliphatic carbocycles. The van der Waals surface area contributed by atoms with Crippen molar-refractivity contribution < 1.29 is 4.74 Å². The lowest BCUT2D eigenvalue weighted by molar-refractivity contribution is 0.484. The third-order valence-corrected chi connectivity index (χ3v) is 12.3. The van der Waals surface area contributed by atoms with Gasteiger partial charge in [0.05, 0.1) is 39.1 Å². The van der Waals surface area contributed by atoms with Crippen molar-refractivity contribution in [1.82, 2.24) is 14.1 Å². The molecular weight excluding hydrogens is 783 g/mol. The Morgan fingerprint density at radius 3 is 1.78 bits per heavy atom. The molecule has 0 aliphatic heterocycles. The minimum Gasteiger partial charge on any atom is -0.457 e. The molecule has 11 aromatic rings. The van der Waals surface area contributed by atoms with E-state index in [2.05, 4.69) is 235 Å². The fraction of sp³-hybridized carbons (Fsp3) is 0.0862. The number of nitrogens with one attached hydrogen (secondary N) is 1. The number of ether oxygens (including phenoxy) is 1. The van der Waals surface area contributed by atoms with E-state index in [1.165, 1.54) is 16.3 Å². The highest BCUT2D eigenvalue weighted by Gasteiger charge is 2.25. The van der Waals surface area contributed by atoms with Crippen LogP contribution in [0.4, 0.5) is 22.7 Å². The van der Waals surface area contributed by atoms with Crippen LogP contribution in [0.5, 0.6) is 11.5 Å². The van der Waals surface area contributed by atoms with Crippen LogP contribution in [0.3, 0.4) is 0 Å². The minimum atomic E-state index is -0.0328. The van der Waals surface area contributed by atoms with Crippen LogP contribution in [0.15, 0.2) is 206 Å². The first kappa shape index (κ1) is 38.8. The average molecular weight is 830 g/mol. The number of aromatic nitrogens is 3. The number of pyridine rings is 1. The van der Waals surface area contributed by atoms with Gasteiger partial charge < -0.3 is 19.5 Å². The Morgan fingerprint density at radius 1 is 0.516 bits per heavy atom. The molecule has 0 amide bonds. The zero-order chi connectivity index (χ0) is 43.4. The zero-order valence-electron chi connectivity index (χ0n) is 36.3. The van der Waals surface area contributed by atoms with E-state index < -0.39 is 0 Å². The van der Waals surface area contributed by atoms with Gasteiger partial charge in [-0.25, -0.2) is 4.98 Å². The molecule has 11 rings (SSSR count). The molecule has 0 saturated carbocycles. The van der Waals surface area contributed by atoms with Gasteiger partial charge in [0, 0.05) is 64.7 Å². The number of nitrogens with zero attached hydrogens (tertiary/aromatic N) is 4. The Kier molecular flexibility index (Phi) is 9.50. The third kappa shape index (κ3) is 6.81. The van der Waals surface area contributed by atoms with E-state index >= 15 is 0 Å². The normalized spacial score (nSPS) is 11.8. The van der Waals surface area contributed by atoms with Crippen LogP contribution in [-0.4, -0.2) is 21.2 Å². The summed E-state index contributed by atoms with van der Waals surface area (Å²) in [7, 11) is 2.16. The van der Waals surface area contributed by atoms with Gasteiger partial charge in [-0.2, -0.15) is 0 Å². The van der Waals surface area contributed by atoms with E-state index in [9.17, 15) is 0 Å². The van der Waals surface area contributed by atoms with Crippen LogP contribution >= 0.6 is 0 Å². The van der Waals surface area contributed by atoms with E-state index in [1.54, 1.807) is 0 Å². The molecule has 3 heterocycles. The van der Waals surface area contributed by atoms with E-state index in [0.717, 1.165) is 90.1 Å². The number of para-hydroxylation sites is 4. The molecule has 0 fully saturated rings. The van der Waals surface area contributed by atoms with E-state index in [-0.39, 0.29) is 5.41 Å². The largest absolute Gasteiger partial charge is 0.457 e. The second kappa shape index (κ2) is 15.7. The molecule has 310 valence electrons. The van der Waals surface area contributed by atoms with Gasteiger partial charge in [-0.3, -0.25) is 4.57 Å². The lowest BCUT2D eigenvalue weighted by Crippen LogP contribution is -2.14. The van der Waals surface area contributed by atoms with Crippen molar-refractivity contribution in [3.8, 4) is 45.3 Å². The first-order chi connectivity index (χ1) is 31.3. The molecule has 6 nitrogen and oxygen atoms in total. The van der Waals surface area contributed by atoms with Crippen molar-refractivity contribution in [3.63, 3.8) is 0 Å². The van der Waals surface area contributed by atoms with Crippen molar-refractivity contribution in [2.75, 3.05) is 17.3 Å². The molecule has 0 atom stereocenters. The molecule has 8 aromatic carbocycles. The molecule has 0 spiro atoms. The van der Waals surface area contributed by atoms with Gasteiger partial charge in [0.15, 0.2) is 0 Å². The van der Waals surface area contributed by atoms with Crippen molar-refractivity contribution >= 4 is 55.6 Å². The Labute approximate surface area is 373 Å². The number of rotatable bonds is 10. The van der Waals surface area contributed by atoms with E-state index in [1.807, 2.05) is 18.3 Å². The van der Waals surface area contributed by atoms with Crippen LogP contribution in [0, 0.1) is 0 Å². The Bertz CT molecular complexity index is 3380. The lowest BCUT2D eigenvalue weighted by atomic mass is 9.88. The molecule has 0 bridgehead atoms. The number of hydrogen-bond acceptors (Lipinski definition) is 4. The summed E-state index contributed by atoms with van der Waals surface area (Å²) in [6.07, 6.45) is 1.93. The average Bonchev–Trinajstić information content (AvgIpc) is 3.85. The highest BCUT2D eigenvalue weighted by atomic mass is 16.5. The smallest absolute Gasteiger partial charge is 0.137 e. The predicted molar refractivity (Wildman–Crippen MR) is 267 cm³/mol. The summed E-state index contributed by atoms with van der Waals surface area (Å²) in [6.45, 7) is 6.73. The van der Waals surface area contributed by atoms with Crippen LogP contribution in [-0.2, 0) is 5.41 Å². The maximum absolute atomic E-state index is 6.91. The highest BCUT2D eigenvalue weighted by molar-refractivity contribution is 6.25. The summed E-state index contributed by atoms with van der Waals surface area (Å²) >= 11 is 0. The summed E-state index contributed by atoms with van der Waals surface area (Å²) < 4.78 is 11.6. The van der Waals surface area contributed by atoms with E-state index in [4.69, 9.17) is 9.72 Å². The molecule has 0 radical (unpaired) electrons. The first-order valence-corrected chi connectivity index (χ1v) is 21.8. The van der Waals surface area contributed by atoms with Crippen LogP contribution < -0.4 is 15.0 Å². The Hall–Kier alpha value is -8.09. The Morgan fingerprint density at radius 2 is 1.09 bits per heavy atom. The molecular formula is C58H47N5O. The first-order valence-electron chi connectivity index (χ1n) is 21.8. The molecule has 6 heteroatoms. The number of hydrogen-bond donors (Lipinski definition) is 1. The highest BCUT2D eigenvalue weighted by Crippen LogP contribution is 2.46. The summed E-state index contributed by atoms with van der Waals surface area (Å²) in [6, 6.07) is 70.4. The molecule has 0 saturated heterocycles. The van der Waals surface area contributed by atoms with Crippen molar-refractivity contribution in [3.05, 3.63) is 212 Å². The fourth-order valence-corrected chi connectivity index (χ4v) is 9.31. The lowest BCUT2D eigenvalue weighted by Gasteiger charge is -2.28. The predicted octanol–water partition coefficient (Wildman–Crippen LogP) is 15.5. The monoisotopic (exact) mass is 829 g/mol. The van der Waals surface area contributed by atoms with Gasteiger partial charge in [-0.15, -0.1) is 0 Å². The van der Waals surface area contributed by atoms with Crippen molar-refractivity contribution in [2.24, 2.45) is 0 Å². The van der Waals surface area contributed by atoms with Gasteiger partial charge in [0.2, 0.25) is 0 Å². The van der Waals surface area contributed by atoms with Gasteiger partial charge in [-0.1, -0.05) is 142 Å². The summed E-state index contributed by atoms with van der Waals surface area (Å²) in [5.41, 5.74) is 15.4. The summed E-state index contributed by atoms with van der Waals surface area (Å²) in [5.74, 6) is 2.35. The molecule has 0 aliphatic rings.